The van der Waals surface area contributed by atoms with Crippen molar-refractivity contribution in [2.75, 3.05) is 0 Å². The smallest absolute Gasteiger partial charge is 0.172 e. The topological polar surface area (TPSA) is 64.5 Å². The molecule has 2 heterocycles. The van der Waals surface area contributed by atoms with E-state index in [1.165, 1.54) is 6.07 Å². The maximum atomic E-state index is 9.86. The van der Waals surface area contributed by atoms with E-state index < -0.39 is 0 Å². The number of rotatable bonds is 4. The van der Waals surface area contributed by atoms with Crippen LogP contribution < -0.4 is 9.47 Å². The molecule has 21 heavy (non-hydrogen) atoms. The second kappa shape index (κ2) is 5.92. The van der Waals surface area contributed by atoms with Crippen molar-refractivity contribution >= 4 is 0 Å². The van der Waals surface area contributed by atoms with Crippen LogP contribution in [0, 0.1) is 0 Å². The van der Waals surface area contributed by atoms with Crippen molar-refractivity contribution in [3.8, 4) is 28.7 Å². The van der Waals surface area contributed by atoms with Crippen molar-refractivity contribution in [2.45, 2.75) is 0 Å². The zero-order valence-corrected chi connectivity index (χ0v) is 11.0. The number of aromatic hydroxyl groups is 1. The second-order valence-electron chi connectivity index (χ2n) is 4.20. The summed E-state index contributed by atoms with van der Waals surface area (Å²) < 4.78 is 11.3. The van der Waals surface area contributed by atoms with Gasteiger partial charge in [-0.15, -0.1) is 0 Å². The van der Waals surface area contributed by atoms with Gasteiger partial charge in [0.1, 0.15) is 17.2 Å². The summed E-state index contributed by atoms with van der Waals surface area (Å²) in [5, 5.41) is 9.86. The summed E-state index contributed by atoms with van der Waals surface area (Å²) in [6.07, 6.45) is 6.52. The molecular weight excluding hydrogens is 268 g/mol. The van der Waals surface area contributed by atoms with Gasteiger partial charge in [-0.1, -0.05) is 0 Å². The first kappa shape index (κ1) is 12.9. The van der Waals surface area contributed by atoms with Crippen LogP contribution in [0.4, 0.5) is 0 Å². The first-order valence-electron chi connectivity index (χ1n) is 6.30. The van der Waals surface area contributed by atoms with E-state index in [1.807, 2.05) is 0 Å². The molecule has 104 valence electrons. The van der Waals surface area contributed by atoms with Gasteiger partial charge < -0.3 is 14.6 Å². The summed E-state index contributed by atoms with van der Waals surface area (Å²) in [6.45, 7) is 0. The van der Waals surface area contributed by atoms with E-state index in [2.05, 4.69) is 9.97 Å². The number of ether oxygens (including phenoxy) is 2. The van der Waals surface area contributed by atoms with E-state index in [9.17, 15) is 5.11 Å². The van der Waals surface area contributed by atoms with Gasteiger partial charge in [-0.3, -0.25) is 9.97 Å². The largest absolute Gasteiger partial charge is 0.504 e. The van der Waals surface area contributed by atoms with Crippen LogP contribution in [0.5, 0.6) is 28.7 Å². The van der Waals surface area contributed by atoms with E-state index in [4.69, 9.17) is 9.47 Å². The molecule has 0 aliphatic heterocycles. The van der Waals surface area contributed by atoms with Crippen molar-refractivity contribution in [3.05, 3.63) is 67.3 Å². The summed E-state index contributed by atoms with van der Waals surface area (Å²) >= 11 is 0. The number of nitrogens with zero attached hydrogens (tertiary/aromatic N) is 2. The number of phenols is 1. The molecular formula is C16H12N2O3. The highest BCUT2D eigenvalue weighted by molar-refractivity contribution is 5.47. The fourth-order valence-corrected chi connectivity index (χ4v) is 1.72. The lowest BCUT2D eigenvalue weighted by molar-refractivity contribution is 0.405. The Labute approximate surface area is 121 Å². The van der Waals surface area contributed by atoms with Gasteiger partial charge in [0.2, 0.25) is 0 Å². The molecule has 0 unspecified atom stereocenters. The van der Waals surface area contributed by atoms with Crippen LogP contribution in [0.3, 0.4) is 0 Å². The maximum absolute atomic E-state index is 9.86. The molecule has 0 aliphatic carbocycles. The Hall–Kier alpha value is -3.08. The average Bonchev–Trinajstić information content (AvgIpc) is 2.53. The van der Waals surface area contributed by atoms with E-state index in [0.717, 1.165) is 0 Å². The molecule has 2 aromatic heterocycles. The summed E-state index contributed by atoms with van der Waals surface area (Å²) in [6, 6.07) is 11.7. The van der Waals surface area contributed by atoms with E-state index >= 15 is 0 Å². The average molecular weight is 280 g/mol. The van der Waals surface area contributed by atoms with Gasteiger partial charge >= 0.3 is 0 Å². The molecule has 5 nitrogen and oxygen atoms in total. The van der Waals surface area contributed by atoms with Crippen LogP contribution >= 0.6 is 0 Å². The number of phenolic OH excluding ortho intramolecular Hbond substituents is 1. The van der Waals surface area contributed by atoms with Gasteiger partial charge in [0, 0.05) is 30.9 Å². The molecule has 3 aromatic rings. The first-order chi connectivity index (χ1) is 10.3. The molecule has 5 heteroatoms. The fraction of sp³-hybridized carbons (Fsp3) is 0. The normalized spacial score (nSPS) is 10.1. The third-order valence-corrected chi connectivity index (χ3v) is 2.69. The van der Waals surface area contributed by atoms with Crippen LogP contribution in [0.15, 0.2) is 67.3 Å². The molecule has 3 rings (SSSR count). The van der Waals surface area contributed by atoms with Gasteiger partial charge in [0.15, 0.2) is 11.5 Å². The van der Waals surface area contributed by atoms with E-state index in [1.54, 1.807) is 61.2 Å². The molecule has 0 spiro atoms. The highest BCUT2D eigenvalue weighted by Gasteiger charge is 2.07. The summed E-state index contributed by atoms with van der Waals surface area (Å²) in [4.78, 5) is 7.83. The predicted octanol–water partition coefficient (Wildman–Crippen LogP) is 3.77. The molecule has 0 aliphatic rings. The Morgan fingerprint density at radius 1 is 0.667 bits per heavy atom. The summed E-state index contributed by atoms with van der Waals surface area (Å²) in [5.74, 6) is 2.15. The lowest BCUT2D eigenvalue weighted by Gasteiger charge is -2.10. The molecule has 0 saturated carbocycles. The minimum atomic E-state index is 0.0360. The molecule has 0 fully saturated rings. The van der Waals surface area contributed by atoms with Gasteiger partial charge in [0.25, 0.3) is 0 Å². The second-order valence-corrected chi connectivity index (χ2v) is 4.20. The van der Waals surface area contributed by atoms with Gasteiger partial charge in [-0.05, 0) is 36.4 Å². The Morgan fingerprint density at radius 2 is 1.24 bits per heavy atom. The third-order valence-electron chi connectivity index (χ3n) is 2.69. The summed E-state index contributed by atoms with van der Waals surface area (Å²) in [7, 11) is 0. The number of benzene rings is 1. The fourth-order valence-electron chi connectivity index (χ4n) is 1.72. The Morgan fingerprint density at radius 3 is 1.86 bits per heavy atom. The third kappa shape index (κ3) is 3.27. The number of hydrogen-bond acceptors (Lipinski definition) is 5. The first-order valence-corrected chi connectivity index (χ1v) is 6.30. The molecule has 0 atom stereocenters. The Bertz CT molecular complexity index is 718. The molecule has 0 bridgehead atoms. The molecule has 0 amide bonds. The SMILES string of the molecule is Oc1ccc(Oc2ccncc2)cc1Oc1ccncc1. The van der Waals surface area contributed by atoms with E-state index in [-0.39, 0.29) is 5.75 Å². The van der Waals surface area contributed by atoms with Gasteiger partial charge in [-0.25, -0.2) is 0 Å². The van der Waals surface area contributed by atoms with Crippen LogP contribution in [-0.4, -0.2) is 15.1 Å². The highest BCUT2D eigenvalue weighted by Crippen LogP contribution is 2.35. The van der Waals surface area contributed by atoms with Crippen molar-refractivity contribution in [3.63, 3.8) is 0 Å². The zero-order valence-electron chi connectivity index (χ0n) is 11.0. The zero-order chi connectivity index (χ0) is 14.5. The Kier molecular flexibility index (Phi) is 3.64. The molecule has 1 aromatic carbocycles. The summed E-state index contributed by atoms with van der Waals surface area (Å²) in [5.41, 5.74) is 0. The predicted molar refractivity (Wildman–Crippen MR) is 76.7 cm³/mol. The lowest BCUT2D eigenvalue weighted by atomic mass is 10.3. The Balaban J connectivity index is 1.83. The molecule has 1 N–H and O–H groups in total. The van der Waals surface area contributed by atoms with Crippen molar-refractivity contribution in [1.82, 2.24) is 9.97 Å². The van der Waals surface area contributed by atoms with Crippen LogP contribution in [0.2, 0.25) is 0 Å². The van der Waals surface area contributed by atoms with Crippen LogP contribution in [-0.2, 0) is 0 Å². The van der Waals surface area contributed by atoms with Gasteiger partial charge in [-0.2, -0.15) is 0 Å². The molecule has 0 saturated heterocycles. The number of aromatic nitrogens is 2. The number of hydrogen-bond donors (Lipinski definition) is 1. The maximum Gasteiger partial charge on any atom is 0.172 e. The van der Waals surface area contributed by atoms with E-state index in [0.29, 0.717) is 23.0 Å². The monoisotopic (exact) mass is 280 g/mol. The standard InChI is InChI=1S/C16H12N2O3/c19-15-2-1-14(20-12-3-7-17-8-4-12)11-16(15)21-13-5-9-18-10-6-13/h1-11,19H. The lowest BCUT2D eigenvalue weighted by Crippen LogP contribution is -1.88. The van der Waals surface area contributed by atoms with Crippen LogP contribution in [0.25, 0.3) is 0 Å². The number of pyridine rings is 2. The van der Waals surface area contributed by atoms with Crippen molar-refractivity contribution in [2.24, 2.45) is 0 Å². The highest BCUT2D eigenvalue weighted by atomic mass is 16.5. The van der Waals surface area contributed by atoms with Crippen molar-refractivity contribution in [1.29, 1.82) is 0 Å². The molecule has 0 radical (unpaired) electrons. The minimum absolute atomic E-state index is 0.0360. The van der Waals surface area contributed by atoms with Gasteiger partial charge in [0.05, 0.1) is 0 Å². The van der Waals surface area contributed by atoms with Crippen LogP contribution in [0.1, 0.15) is 0 Å². The minimum Gasteiger partial charge on any atom is -0.504 e. The van der Waals surface area contributed by atoms with Crippen molar-refractivity contribution < 1.29 is 14.6 Å². The quantitative estimate of drug-likeness (QED) is 0.788.